The van der Waals surface area contributed by atoms with E-state index in [1.54, 1.807) is 6.07 Å². The van der Waals surface area contributed by atoms with Crippen molar-refractivity contribution in [3.05, 3.63) is 57.6 Å². The average Bonchev–Trinajstić information content (AvgIpc) is 2.52. The van der Waals surface area contributed by atoms with Gasteiger partial charge in [-0.05, 0) is 49.6 Å². The zero-order valence-corrected chi connectivity index (χ0v) is 11.0. The van der Waals surface area contributed by atoms with Gasteiger partial charge >= 0.3 is 0 Å². The van der Waals surface area contributed by atoms with Crippen LogP contribution in [0.25, 0.3) is 0 Å². The summed E-state index contributed by atoms with van der Waals surface area (Å²) >= 11 is 5.66. The van der Waals surface area contributed by atoms with Crippen molar-refractivity contribution < 1.29 is 4.39 Å². The molecule has 0 saturated heterocycles. The Kier molecular flexibility index (Phi) is 3.25. The molecule has 0 fully saturated rings. The van der Waals surface area contributed by atoms with Crippen molar-refractivity contribution in [1.29, 1.82) is 0 Å². The molecule has 2 aromatic rings. The van der Waals surface area contributed by atoms with Crippen molar-refractivity contribution in [3.8, 4) is 0 Å². The summed E-state index contributed by atoms with van der Waals surface area (Å²) in [7, 11) is 0. The van der Waals surface area contributed by atoms with E-state index >= 15 is 0 Å². The van der Waals surface area contributed by atoms with Crippen LogP contribution < -0.4 is 0 Å². The second-order valence-corrected chi connectivity index (χ2v) is 4.81. The van der Waals surface area contributed by atoms with Crippen molar-refractivity contribution in [2.24, 2.45) is 0 Å². The minimum atomic E-state index is -0.359. The minimum absolute atomic E-state index is 0.172. The lowest BCUT2D eigenvalue weighted by molar-refractivity contribution is 0.623. The predicted molar refractivity (Wildman–Crippen MR) is 69.2 cm³/mol. The molecule has 0 spiro atoms. The Morgan fingerprint density at radius 3 is 2.47 bits per heavy atom. The second-order valence-electron chi connectivity index (χ2n) is 4.40. The minimum Gasteiger partial charge on any atom is -0.347 e. The fourth-order valence-electron chi connectivity index (χ4n) is 1.93. The van der Waals surface area contributed by atoms with E-state index in [0.717, 1.165) is 5.56 Å². The summed E-state index contributed by atoms with van der Waals surface area (Å²) in [5.41, 5.74) is 4.69. The van der Waals surface area contributed by atoms with Crippen LogP contribution in [0, 0.1) is 26.6 Å². The summed E-state index contributed by atoms with van der Waals surface area (Å²) in [6.07, 6.45) is 2.09. The molecule has 0 amide bonds. The monoisotopic (exact) mass is 251 g/mol. The van der Waals surface area contributed by atoms with Gasteiger partial charge in [0.15, 0.2) is 0 Å². The molecule has 2 rings (SSSR count). The molecule has 3 heteroatoms. The first kappa shape index (κ1) is 12.2. The molecule has 0 unspecified atom stereocenters. The van der Waals surface area contributed by atoms with Gasteiger partial charge in [-0.3, -0.25) is 0 Å². The summed E-state index contributed by atoms with van der Waals surface area (Å²) in [4.78, 5) is 0. The predicted octanol–water partition coefficient (Wildman–Crippen LogP) is 4.25. The lowest BCUT2D eigenvalue weighted by atomic mass is 10.2. The highest BCUT2D eigenvalue weighted by molar-refractivity contribution is 6.30. The van der Waals surface area contributed by atoms with E-state index in [-0.39, 0.29) is 10.8 Å². The third kappa shape index (κ3) is 2.37. The topological polar surface area (TPSA) is 4.93 Å². The standard InChI is InChI=1S/C14H15ClFN/c1-9-7-17(11(3)10(9)2)8-12-4-5-13(15)14(16)6-12/h4-7H,8H2,1-3H3. The van der Waals surface area contributed by atoms with Crippen LogP contribution in [0.2, 0.25) is 5.02 Å². The van der Waals surface area contributed by atoms with E-state index in [4.69, 9.17) is 11.6 Å². The molecule has 0 aliphatic carbocycles. The summed E-state index contributed by atoms with van der Waals surface area (Å²) in [6.45, 7) is 6.94. The summed E-state index contributed by atoms with van der Waals surface area (Å²) in [5, 5.41) is 0.172. The van der Waals surface area contributed by atoms with Crippen molar-refractivity contribution in [1.82, 2.24) is 4.57 Å². The maximum Gasteiger partial charge on any atom is 0.142 e. The van der Waals surface area contributed by atoms with Gasteiger partial charge in [-0.1, -0.05) is 17.7 Å². The number of benzene rings is 1. The van der Waals surface area contributed by atoms with Gasteiger partial charge in [-0.25, -0.2) is 4.39 Å². The number of halogens is 2. The smallest absolute Gasteiger partial charge is 0.142 e. The third-order valence-electron chi connectivity index (χ3n) is 3.25. The normalized spacial score (nSPS) is 10.9. The van der Waals surface area contributed by atoms with E-state index in [0.29, 0.717) is 6.54 Å². The van der Waals surface area contributed by atoms with Crippen LogP contribution in [-0.2, 0) is 6.54 Å². The van der Waals surface area contributed by atoms with E-state index < -0.39 is 0 Å². The van der Waals surface area contributed by atoms with E-state index in [1.807, 2.05) is 6.07 Å². The molecule has 1 aromatic carbocycles. The van der Waals surface area contributed by atoms with Gasteiger partial charge in [0.25, 0.3) is 0 Å². The Balaban J connectivity index is 2.31. The van der Waals surface area contributed by atoms with Crippen LogP contribution in [0.3, 0.4) is 0 Å². The molecule has 0 bridgehead atoms. The molecule has 17 heavy (non-hydrogen) atoms. The highest BCUT2D eigenvalue weighted by atomic mass is 35.5. The third-order valence-corrected chi connectivity index (χ3v) is 3.56. The van der Waals surface area contributed by atoms with Crippen LogP contribution >= 0.6 is 11.6 Å². The van der Waals surface area contributed by atoms with Crippen LogP contribution in [-0.4, -0.2) is 4.57 Å². The highest BCUT2D eigenvalue weighted by Crippen LogP contribution is 2.19. The Morgan fingerprint density at radius 1 is 1.24 bits per heavy atom. The largest absolute Gasteiger partial charge is 0.347 e. The number of hydrogen-bond acceptors (Lipinski definition) is 0. The van der Waals surface area contributed by atoms with Crippen LogP contribution in [0.4, 0.5) is 4.39 Å². The first-order chi connectivity index (χ1) is 7.99. The van der Waals surface area contributed by atoms with Gasteiger partial charge in [0.1, 0.15) is 5.82 Å². The van der Waals surface area contributed by atoms with E-state index in [9.17, 15) is 4.39 Å². The van der Waals surface area contributed by atoms with Gasteiger partial charge in [0.2, 0.25) is 0 Å². The summed E-state index contributed by atoms with van der Waals surface area (Å²) in [5.74, 6) is -0.359. The number of aromatic nitrogens is 1. The first-order valence-electron chi connectivity index (χ1n) is 5.56. The van der Waals surface area contributed by atoms with Crippen molar-refractivity contribution in [3.63, 3.8) is 0 Å². The maximum atomic E-state index is 13.3. The van der Waals surface area contributed by atoms with Crippen LogP contribution in [0.1, 0.15) is 22.4 Å². The molecule has 1 nitrogen and oxygen atoms in total. The van der Waals surface area contributed by atoms with Crippen molar-refractivity contribution in [2.45, 2.75) is 27.3 Å². The molecule has 1 aromatic heterocycles. The Bertz CT molecular complexity index is 558. The maximum absolute atomic E-state index is 13.3. The number of rotatable bonds is 2. The van der Waals surface area contributed by atoms with Gasteiger partial charge in [0.05, 0.1) is 5.02 Å². The first-order valence-corrected chi connectivity index (χ1v) is 5.93. The molecule has 0 N–H and O–H groups in total. The molecular formula is C14H15ClFN. The van der Waals surface area contributed by atoms with Crippen LogP contribution in [0.5, 0.6) is 0 Å². The number of aryl methyl sites for hydroxylation is 1. The molecule has 1 heterocycles. The van der Waals surface area contributed by atoms with Gasteiger partial charge in [-0.15, -0.1) is 0 Å². The zero-order valence-electron chi connectivity index (χ0n) is 10.2. The molecule has 0 radical (unpaired) electrons. The quantitative estimate of drug-likeness (QED) is 0.752. The Morgan fingerprint density at radius 2 is 1.94 bits per heavy atom. The Hall–Kier alpha value is -1.28. The van der Waals surface area contributed by atoms with Gasteiger partial charge in [0, 0.05) is 18.4 Å². The number of nitrogens with zero attached hydrogens (tertiary/aromatic N) is 1. The van der Waals surface area contributed by atoms with Crippen molar-refractivity contribution in [2.75, 3.05) is 0 Å². The molecule has 0 atom stereocenters. The lowest BCUT2D eigenvalue weighted by Crippen LogP contribution is -2.01. The molecule has 0 aliphatic heterocycles. The van der Waals surface area contributed by atoms with Crippen molar-refractivity contribution >= 4 is 11.6 Å². The lowest BCUT2D eigenvalue weighted by Gasteiger charge is -2.07. The fraction of sp³-hybridized carbons (Fsp3) is 0.286. The van der Waals surface area contributed by atoms with E-state index in [2.05, 4.69) is 31.5 Å². The number of hydrogen-bond donors (Lipinski definition) is 0. The SMILES string of the molecule is Cc1cn(Cc2ccc(Cl)c(F)c2)c(C)c1C. The summed E-state index contributed by atoms with van der Waals surface area (Å²) in [6, 6.07) is 4.95. The fourth-order valence-corrected chi connectivity index (χ4v) is 2.04. The van der Waals surface area contributed by atoms with Crippen LogP contribution in [0.15, 0.2) is 24.4 Å². The second kappa shape index (κ2) is 4.53. The Labute approximate surface area is 106 Å². The zero-order chi connectivity index (χ0) is 12.6. The van der Waals surface area contributed by atoms with Gasteiger partial charge in [-0.2, -0.15) is 0 Å². The molecule has 0 saturated carbocycles. The van der Waals surface area contributed by atoms with Gasteiger partial charge < -0.3 is 4.57 Å². The molecule has 0 aliphatic rings. The molecular weight excluding hydrogens is 237 g/mol. The highest BCUT2D eigenvalue weighted by Gasteiger charge is 2.07. The molecule has 90 valence electrons. The average molecular weight is 252 g/mol. The summed E-state index contributed by atoms with van der Waals surface area (Å²) < 4.78 is 15.5. The van der Waals surface area contributed by atoms with E-state index in [1.165, 1.54) is 22.9 Å².